The van der Waals surface area contributed by atoms with Crippen LogP contribution < -0.4 is 16.0 Å². The summed E-state index contributed by atoms with van der Waals surface area (Å²) in [4.78, 5) is 15.8. The third kappa shape index (κ3) is 7.76. The van der Waals surface area contributed by atoms with Crippen LogP contribution in [0.15, 0.2) is 4.99 Å². The Hall–Kier alpha value is -2.25. The maximum atomic E-state index is 11.5. The van der Waals surface area contributed by atoms with E-state index in [1.165, 1.54) is 11.3 Å². The maximum absolute atomic E-state index is 11.5. The lowest BCUT2D eigenvalue weighted by molar-refractivity contribution is 0.0527. The van der Waals surface area contributed by atoms with Crippen LogP contribution in [0.4, 0.5) is 4.79 Å². The lowest BCUT2D eigenvalue weighted by atomic mass is 10.1. The number of hydrogen-bond acceptors (Lipinski definition) is 4. The zero-order valence-electron chi connectivity index (χ0n) is 17.2. The number of guanidine groups is 1. The Balaban J connectivity index is 2.22. The van der Waals surface area contributed by atoms with Crippen molar-refractivity contribution >= 4 is 12.1 Å². The van der Waals surface area contributed by atoms with Crippen molar-refractivity contribution in [1.29, 1.82) is 0 Å². The minimum atomic E-state index is -0.473. The highest BCUT2D eigenvalue weighted by Gasteiger charge is 2.15. The van der Waals surface area contributed by atoms with Crippen molar-refractivity contribution in [2.45, 2.75) is 53.1 Å². The Morgan fingerprint density at radius 2 is 1.77 bits per heavy atom. The molecule has 0 fully saturated rings. The Bertz CT molecular complexity index is 616. The summed E-state index contributed by atoms with van der Waals surface area (Å²) in [5.74, 6) is 0.751. The van der Waals surface area contributed by atoms with Gasteiger partial charge in [-0.05, 0) is 53.0 Å². The van der Waals surface area contributed by atoms with E-state index in [1.807, 2.05) is 39.4 Å². The molecule has 0 unspecified atom stereocenters. The minimum Gasteiger partial charge on any atom is -0.444 e. The minimum absolute atomic E-state index is 0.387. The molecule has 8 heteroatoms. The van der Waals surface area contributed by atoms with Gasteiger partial charge in [0.25, 0.3) is 0 Å². The number of nitrogens with one attached hydrogen (secondary N) is 3. The maximum Gasteiger partial charge on any atom is 0.407 e. The number of nitrogens with zero attached hydrogens (tertiary/aromatic N) is 3. The summed E-state index contributed by atoms with van der Waals surface area (Å²) < 4.78 is 7.10. The number of carbonyl (C=O) groups excluding carboxylic acids is 1. The fraction of sp³-hybridized carbons (Fsp3) is 0.722. The first-order valence-electron chi connectivity index (χ1n) is 9.04. The number of alkyl carbamates (subject to hydrolysis) is 1. The molecule has 0 spiro atoms. The van der Waals surface area contributed by atoms with E-state index in [2.05, 4.69) is 33.0 Å². The quantitative estimate of drug-likeness (QED) is 0.388. The summed E-state index contributed by atoms with van der Waals surface area (Å²) in [7, 11) is 3.71. The molecule has 1 rings (SSSR count). The zero-order chi connectivity index (χ0) is 19.7. The van der Waals surface area contributed by atoms with Gasteiger partial charge in [-0.25, -0.2) is 4.79 Å². The first-order valence-corrected chi connectivity index (χ1v) is 9.04. The molecule has 3 N–H and O–H groups in total. The highest BCUT2D eigenvalue weighted by Crippen LogP contribution is 2.11. The second-order valence-electron chi connectivity index (χ2n) is 7.23. The van der Waals surface area contributed by atoms with Crippen LogP contribution in [0.5, 0.6) is 0 Å². The van der Waals surface area contributed by atoms with Gasteiger partial charge in [0, 0.05) is 39.4 Å². The summed E-state index contributed by atoms with van der Waals surface area (Å²) in [5.41, 5.74) is 3.07. The summed E-state index contributed by atoms with van der Waals surface area (Å²) in [6.45, 7) is 11.7. The van der Waals surface area contributed by atoms with Gasteiger partial charge in [0.05, 0.1) is 5.69 Å². The molecular formula is C18H34N6O2. The molecule has 0 aromatic carbocycles. The molecule has 0 radical (unpaired) electrons. The van der Waals surface area contributed by atoms with Crippen LogP contribution >= 0.6 is 0 Å². The van der Waals surface area contributed by atoms with Crippen molar-refractivity contribution < 1.29 is 9.53 Å². The standard InChI is InChI=1S/C18H34N6O2/c1-13-15(14(2)24(7)23-13)9-12-21-16(19-6)20-10-8-11-22-17(25)26-18(3,4)5/h8-12H2,1-7H3,(H,22,25)(H2,19,20,21). The first kappa shape index (κ1) is 21.8. The Labute approximate surface area is 156 Å². The van der Waals surface area contributed by atoms with Crippen LogP contribution in [0.1, 0.15) is 44.1 Å². The van der Waals surface area contributed by atoms with Crippen molar-refractivity contribution in [3.8, 4) is 0 Å². The number of aromatic nitrogens is 2. The summed E-state index contributed by atoms with van der Waals surface area (Å²) >= 11 is 0. The van der Waals surface area contributed by atoms with Crippen molar-refractivity contribution in [3.63, 3.8) is 0 Å². The van der Waals surface area contributed by atoms with Crippen molar-refractivity contribution in [3.05, 3.63) is 17.0 Å². The van der Waals surface area contributed by atoms with E-state index in [4.69, 9.17) is 4.74 Å². The summed E-state index contributed by atoms with van der Waals surface area (Å²) in [6.07, 6.45) is 1.29. The van der Waals surface area contributed by atoms with E-state index in [-0.39, 0.29) is 6.09 Å². The molecule has 0 aliphatic carbocycles. The Morgan fingerprint density at radius 1 is 1.15 bits per heavy atom. The molecule has 0 aliphatic heterocycles. The van der Waals surface area contributed by atoms with Crippen LogP contribution in [0.3, 0.4) is 0 Å². The molecule has 1 aromatic rings. The number of amides is 1. The van der Waals surface area contributed by atoms with Gasteiger partial charge in [-0.15, -0.1) is 0 Å². The second kappa shape index (κ2) is 10.0. The van der Waals surface area contributed by atoms with Crippen molar-refractivity contribution in [1.82, 2.24) is 25.7 Å². The molecule has 0 saturated heterocycles. The van der Waals surface area contributed by atoms with Crippen LogP contribution in [-0.4, -0.2) is 54.1 Å². The van der Waals surface area contributed by atoms with Gasteiger partial charge in [-0.2, -0.15) is 5.10 Å². The molecule has 0 atom stereocenters. The highest BCUT2D eigenvalue weighted by atomic mass is 16.6. The van der Waals surface area contributed by atoms with Crippen LogP contribution in [-0.2, 0) is 18.2 Å². The Morgan fingerprint density at radius 3 is 2.31 bits per heavy atom. The van der Waals surface area contributed by atoms with Gasteiger partial charge >= 0.3 is 6.09 Å². The monoisotopic (exact) mass is 366 g/mol. The van der Waals surface area contributed by atoms with Crippen molar-refractivity contribution in [2.24, 2.45) is 12.0 Å². The molecule has 8 nitrogen and oxygen atoms in total. The second-order valence-corrected chi connectivity index (χ2v) is 7.23. The number of rotatable bonds is 7. The number of carbonyl (C=O) groups is 1. The first-order chi connectivity index (χ1) is 12.1. The molecule has 148 valence electrons. The van der Waals surface area contributed by atoms with Gasteiger partial charge in [-0.3, -0.25) is 9.67 Å². The fourth-order valence-corrected chi connectivity index (χ4v) is 2.51. The molecule has 1 aromatic heterocycles. The van der Waals surface area contributed by atoms with Gasteiger partial charge in [-0.1, -0.05) is 0 Å². The third-order valence-corrected chi connectivity index (χ3v) is 3.86. The summed E-state index contributed by atoms with van der Waals surface area (Å²) in [5, 5.41) is 13.7. The van der Waals surface area contributed by atoms with Crippen molar-refractivity contribution in [2.75, 3.05) is 26.7 Å². The number of ether oxygens (including phenoxy) is 1. The predicted octanol–water partition coefficient (Wildman–Crippen LogP) is 1.66. The highest BCUT2D eigenvalue weighted by molar-refractivity contribution is 5.79. The lowest BCUT2D eigenvalue weighted by Gasteiger charge is -2.19. The molecule has 26 heavy (non-hydrogen) atoms. The number of hydrogen-bond donors (Lipinski definition) is 3. The van der Waals surface area contributed by atoms with E-state index >= 15 is 0 Å². The van der Waals surface area contributed by atoms with Crippen LogP contribution in [0.2, 0.25) is 0 Å². The fourth-order valence-electron chi connectivity index (χ4n) is 2.51. The smallest absolute Gasteiger partial charge is 0.407 e. The number of aryl methyl sites for hydroxylation is 2. The predicted molar refractivity (Wildman–Crippen MR) is 105 cm³/mol. The van der Waals surface area contributed by atoms with E-state index in [0.29, 0.717) is 13.1 Å². The topological polar surface area (TPSA) is 92.6 Å². The molecule has 0 aliphatic rings. The molecule has 1 amide bonds. The van der Waals surface area contributed by atoms with Crippen LogP contribution in [0, 0.1) is 13.8 Å². The SMILES string of the molecule is CN=C(NCCCNC(=O)OC(C)(C)C)NCCc1c(C)nn(C)c1C. The summed E-state index contributed by atoms with van der Waals surface area (Å²) in [6, 6.07) is 0. The van der Waals surface area contributed by atoms with Gasteiger partial charge in [0.2, 0.25) is 0 Å². The largest absolute Gasteiger partial charge is 0.444 e. The molecule has 0 saturated carbocycles. The normalized spacial score (nSPS) is 12.0. The van der Waals surface area contributed by atoms with E-state index < -0.39 is 5.60 Å². The van der Waals surface area contributed by atoms with E-state index in [1.54, 1.807) is 7.05 Å². The molecular weight excluding hydrogens is 332 g/mol. The van der Waals surface area contributed by atoms with Gasteiger partial charge in [0.15, 0.2) is 5.96 Å². The molecule has 1 heterocycles. The van der Waals surface area contributed by atoms with Gasteiger partial charge < -0.3 is 20.7 Å². The number of aliphatic imine (C=N–C) groups is 1. The zero-order valence-corrected chi connectivity index (χ0v) is 17.2. The van der Waals surface area contributed by atoms with E-state index in [9.17, 15) is 4.79 Å². The van der Waals surface area contributed by atoms with Crippen LogP contribution in [0.25, 0.3) is 0 Å². The lowest BCUT2D eigenvalue weighted by Crippen LogP contribution is -2.40. The molecule has 0 bridgehead atoms. The van der Waals surface area contributed by atoms with Gasteiger partial charge in [0.1, 0.15) is 5.60 Å². The van der Waals surface area contributed by atoms with E-state index in [0.717, 1.165) is 31.0 Å². The average Bonchev–Trinajstić information content (AvgIpc) is 2.77. The average molecular weight is 367 g/mol. The Kier molecular flexibility index (Phi) is 8.41. The third-order valence-electron chi connectivity index (χ3n) is 3.86.